The zero-order valence-corrected chi connectivity index (χ0v) is 17.4. The number of pyridine rings is 1. The lowest BCUT2D eigenvalue weighted by molar-refractivity contribution is -0.00532. The quantitative estimate of drug-likeness (QED) is 0.757. The van der Waals surface area contributed by atoms with Gasteiger partial charge in [-0.3, -0.25) is 19.6 Å². The van der Waals surface area contributed by atoms with Crippen LogP contribution < -0.4 is 5.56 Å². The van der Waals surface area contributed by atoms with Crippen LogP contribution in [0.4, 0.5) is 4.79 Å². The van der Waals surface area contributed by atoms with Crippen molar-refractivity contribution in [3.63, 3.8) is 0 Å². The molecule has 4 rings (SSSR count). The summed E-state index contributed by atoms with van der Waals surface area (Å²) in [6.45, 7) is 5.10. The predicted octanol–water partition coefficient (Wildman–Crippen LogP) is 1.36. The molecule has 1 spiro atoms. The number of aromatic nitrogens is 3. The maximum absolute atomic E-state index is 13.3. The fourth-order valence-electron chi connectivity index (χ4n) is 4.16. The number of likely N-dealkylation sites (tertiary alicyclic amines) is 1. The maximum Gasteiger partial charge on any atom is 0.410 e. The van der Waals surface area contributed by atoms with Crippen LogP contribution in [-0.2, 0) is 11.3 Å². The third-order valence-corrected chi connectivity index (χ3v) is 5.72. The highest BCUT2D eigenvalue weighted by molar-refractivity contribution is 5.95. The minimum absolute atomic E-state index is 0.146. The van der Waals surface area contributed by atoms with Crippen molar-refractivity contribution in [3.8, 4) is 0 Å². The summed E-state index contributed by atoms with van der Waals surface area (Å²) in [5.74, 6) is -0.327. The minimum atomic E-state index is -0.695. The van der Waals surface area contributed by atoms with Crippen molar-refractivity contribution in [2.45, 2.75) is 38.8 Å². The van der Waals surface area contributed by atoms with Crippen LogP contribution in [0.2, 0.25) is 0 Å². The summed E-state index contributed by atoms with van der Waals surface area (Å²) in [6, 6.07) is 1.76. The molecular formula is C21H25N5O4. The average molecular weight is 411 g/mol. The SMILES string of the molecule is Cc1cnc(Cn2ccc(C)c(C(=O)N3CCCC4(CN(C)C(=O)O4)C3)c2=O)cn1. The van der Waals surface area contributed by atoms with Gasteiger partial charge in [-0.1, -0.05) is 0 Å². The molecule has 0 aliphatic carbocycles. The number of amides is 2. The molecule has 0 N–H and O–H groups in total. The first-order valence-corrected chi connectivity index (χ1v) is 9.99. The molecule has 2 amide bonds. The van der Waals surface area contributed by atoms with E-state index in [1.807, 2.05) is 6.92 Å². The van der Waals surface area contributed by atoms with E-state index in [4.69, 9.17) is 4.74 Å². The second-order valence-electron chi connectivity index (χ2n) is 8.19. The summed E-state index contributed by atoms with van der Waals surface area (Å²) in [4.78, 5) is 50.0. The van der Waals surface area contributed by atoms with Crippen molar-refractivity contribution >= 4 is 12.0 Å². The van der Waals surface area contributed by atoms with Crippen LogP contribution in [-0.4, -0.2) is 68.6 Å². The molecule has 1 unspecified atom stereocenters. The topological polar surface area (TPSA) is 97.6 Å². The van der Waals surface area contributed by atoms with Crippen molar-refractivity contribution in [1.82, 2.24) is 24.3 Å². The summed E-state index contributed by atoms with van der Waals surface area (Å²) in [5.41, 5.74) is 1.15. The van der Waals surface area contributed by atoms with Gasteiger partial charge in [-0.15, -0.1) is 0 Å². The van der Waals surface area contributed by atoms with Crippen LogP contribution >= 0.6 is 0 Å². The van der Waals surface area contributed by atoms with E-state index < -0.39 is 5.60 Å². The number of aryl methyl sites for hydroxylation is 2. The van der Waals surface area contributed by atoms with Gasteiger partial charge < -0.3 is 19.1 Å². The Balaban J connectivity index is 1.60. The summed E-state index contributed by atoms with van der Waals surface area (Å²) >= 11 is 0. The first-order valence-electron chi connectivity index (χ1n) is 9.99. The van der Waals surface area contributed by atoms with Crippen molar-refractivity contribution in [2.75, 3.05) is 26.7 Å². The third kappa shape index (κ3) is 3.67. The Labute approximate surface area is 174 Å². The van der Waals surface area contributed by atoms with Gasteiger partial charge in [0.15, 0.2) is 0 Å². The molecule has 1 atom stereocenters. The van der Waals surface area contributed by atoms with Crippen LogP contribution in [0.3, 0.4) is 0 Å². The minimum Gasteiger partial charge on any atom is -0.439 e. The second-order valence-corrected chi connectivity index (χ2v) is 8.19. The molecule has 2 aromatic rings. The number of ether oxygens (including phenoxy) is 1. The number of hydrogen-bond donors (Lipinski definition) is 0. The Kier molecular flexibility index (Phi) is 5.05. The van der Waals surface area contributed by atoms with Gasteiger partial charge in [-0.05, 0) is 38.3 Å². The fourth-order valence-corrected chi connectivity index (χ4v) is 4.16. The van der Waals surface area contributed by atoms with E-state index in [0.717, 1.165) is 5.69 Å². The largest absolute Gasteiger partial charge is 0.439 e. The zero-order chi connectivity index (χ0) is 21.5. The van der Waals surface area contributed by atoms with E-state index in [1.165, 1.54) is 9.47 Å². The molecule has 0 radical (unpaired) electrons. The van der Waals surface area contributed by atoms with E-state index in [9.17, 15) is 14.4 Å². The van der Waals surface area contributed by atoms with Crippen LogP contribution in [0.5, 0.6) is 0 Å². The molecule has 2 aliphatic heterocycles. The number of carbonyl (C=O) groups excluding carboxylic acids is 2. The molecule has 0 aromatic carbocycles. The summed E-state index contributed by atoms with van der Waals surface area (Å²) in [5, 5.41) is 0. The highest BCUT2D eigenvalue weighted by atomic mass is 16.6. The van der Waals surface area contributed by atoms with Gasteiger partial charge in [0, 0.05) is 26.0 Å². The molecule has 4 heterocycles. The lowest BCUT2D eigenvalue weighted by atomic mass is 9.92. The number of carbonyl (C=O) groups is 2. The van der Waals surface area contributed by atoms with Gasteiger partial charge >= 0.3 is 6.09 Å². The Bertz CT molecular complexity index is 1050. The number of hydrogen-bond acceptors (Lipinski definition) is 6. The van der Waals surface area contributed by atoms with Gasteiger partial charge in [0.2, 0.25) is 0 Å². The Morgan fingerprint density at radius 1 is 1.20 bits per heavy atom. The number of rotatable bonds is 3. The molecule has 30 heavy (non-hydrogen) atoms. The molecule has 9 heteroatoms. The van der Waals surface area contributed by atoms with E-state index in [0.29, 0.717) is 43.7 Å². The van der Waals surface area contributed by atoms with Gasteiger partial charge in [-0.25, -0.2) is 4.79 Å². The normalized spacial score (nSPS) is 21.2. The highest BCUT2D eigenvalue weighted by Gasteiger charge is 2.47. The van der Waals surface area contributed by atoms with Gasteiger partial charge in [0.1, 0.15) is 11.2 Å². The summed E-state index contributed by atoms with van der Waals surface area (Å²) < 4.78 is 7.06. The van der Waals surface area contributed by atoms with Crippen LogP contribution in [0.25, 0.3) is 0 Å². The standard InChI is InChI=1S/C21H25N5O4/c1-14-5-8-25(11-16-10-22-15(2)9-23-16)18(27)17(14)19(28)26-7-4-6-21(13-26)12-24(3)20(29)30-21/h5,8-10H,4,6-7,11-13H2,1-3H3. The van der Waals surface area contributed by atoms with Gasteiger partial charge in [0.25, 0.3) is 11.5 Å². The van der Waals surface area contributed by atoms with Crippen LogP contribution in [0.15, 0.2) is 29.5 Å². The molecule has 0 bridgehead atoms. The van der Waals surface area contributed by atoms with Gasteiger partial charge in [-0.2, -0.15) is 0 Å². The van der Waals surface area contributed by atoms with Crippen molar-refractivity contribution in [1.29, 1.82) is 0 Å². The molecule has 2 fully saturated rings. The van der Waals surface area contributed by atoms with E-state index in [2.05, 4.69) is 9.97 Å². The molecule has 9 nitrogen and oxygen atoms in total. The van der Waals surface area contributed by atoms with Crippen LogP contribution in [0.1, 0.15) is 40.2 Å². The summed E-state index contributed by atoms with van der Waals surface area (Å²) in [7, 11) is 1.69. The fraction of sp³-hybridized carbons (Fsp3) is 0.476. The first kappa shape index (κ1) is 20.1. The molecule has 158 valence electrons. The first-order chi connectivity index (χ1) is 14.3. The molecule has 2 aromatic heterocycles. The number of likely N-dealkylation sites (N-methyl/N-ethyl adjacent to an activating group) is 1. The number of piperidine rings is 1. The predicted molar refractivity (Wildman–Crippen MR) is 108 cm³/mol. The van der Waals surface area contributed by atoms with E-state index >= 15 is 0 Å². The Morgan fingerprint density at radius 2 is 2.00 bits per heavy atom. The van der Waals surface area contributed by atoms with E-state index in [1.54, 1.807) is 43.5 Å². The van der Waals surface area contributed by atoms with E-state index in [-0.39, 0.29) is 29.7 Å². The smallest absolute Gasteiger partial charge is 0.410 e. The lowest BCUT2D eigenvalue weighted by Crippen LogP contribution is -2.53. The highest BCUT2D eigenvalue weighted by Crippen LogP contribution is 2.32. The molecule has 2 saturated heterocycles. The average Bonchev–Trinajstić information content (AvgIpc) is 2.98. The molecular weight excluding hydrogens is 386 g/mol. The monoisotopic (exact) mass is 411 g/mol. The maximum atomic E-state index is 13.3. The molecule has 0 saturated carbocycles. The number of nitrogens with zero attached hydrogens (tertiary/aromatic N) is 5. The van der Waals surface area contributed by atoms with Crippen molar-refractivity contribution in [3.05, 3.63) is 57.5 Å². The second kappa shape index (κ2) is 7.55. The zero-order valence-electron chi connectivity index (χ0n) is 17.4. The lowest BCUT2D eigenvalue weighted by Gasteiger charge is -2.38. The third-order valence-electron chi connectivity index (χ3n) is 5.72. The van der Waals surface area contributed by atoms with Crippen LogP contribution in [0, 0.1) is 13.8 Å². The Hall–Kier alpha value is -3.23. The van der Waals surface area contributed by atoms with Crippen molar-refractivity contribution in [2.24, 2.45) is 0 Å². The summed E-state index contributed by atoms with van der Waals surface area (Å²) in [6.07, 6.45) is 5.99. The molecule has 2 aliphatic rings. The Morgan fingerprint density at radius 3 is 2.67 bits per heavy atom. The van der Waals surface area contributed by atoms with Gasteiger partial charge in [0.05, 0.1) is 37.2 Å². The van der Waals surface area contributed by atoms with Crippen molar-refractivity contribution < 1.29 is 14.3 Å².